The fourth-order valence-corrected chi connectivity index (χ4v) is 5.37. The molecule has 0 aliphatic carbocycles. The van der Waals surface area contributed by atoms with Crippen molar-refractivity contribution < 1.29 is 29.0 Å². The summed E-state index contributed by atoms with van der Waals surface area (Å²) in [5.41, 5.74) is 6.30. The number of anilines is 1. The third kappa shape index (κ3) is 10.8. The van der Waals surface area contributed by atoms with Crippen LogP contribution in [0.4, 0.5) is 10.5 Å². The van der Waals surface area contributed by atoms with Crippen LogP contribution < -0.4 is 16.4 Å². The molecule has 3 aromatic rings. The van der Waals surface area contributed by atoms with Crippen molar-refractivity contribution in [2.45, 2.75) is 77.6 Å². The summed E-state index contributed by atoms with van der Waals surface area (Å²) in [6.45, 7) is 8.86. The van der Waals surface area contributed by atoms with Gasteiger partial charge in [-0.2, -0.15) is 11.8 Å². The molecule has 0 fully saturated rings. The molecule has 0 spiro atoms. The Kier molecular flexibility index (Phi) is 13.0. The molecule has 248 valence electrons. The maximum atomic E-state index is 14.5. The summed E-state index contributed by atoms with van der Waals surface area (Å²) in [4.78, 5) is 56.4. The number of carbonyl (C=O) groups excluding carboxylic acids is 4. The highest BCUT2D eigenvalue weighted by Crippen LogP contribution is 2.23. The van der Waals surface area contributed by atoms with Gasteiger partial charge in [0.05, 0.1) is 6.04 Å². The Balaban J connectivity index is 2.05. The third-order valence-electron chi connectivity index (χ3n) is 7.11. The van der Waals surface area contributed by atoms with E-state index in [9.17, 15) is 24.3 Å². The van der Waals surface area contributed by atoms with Gasteiger partial charge in [0.1, 0.15) is 23.4 Å². The molecule has 0 radical (unpaired) electrons. The summed E-state index contributed by atoms with van der Waals surface area (Å²) in [6.07, 6.45) is 1.35. The number of ether oxygens (including phenoxy) is 1. The molecular formula is C35H46N4O6S. The van der Waals surface area contributed by atoms with E-state index >= 15 is 0 Å². The van der Waals surface area contributed by atoms with Crippen LogP contribution in [0, 0.1) is 5.92 Å². The maximum Gasteiger partial charge on any atom is 0.417 e. The number of thioether (sulfide) groups is 1. The average molecular weight is 651 g/mol. The van der Waals surface area contributed by atoms with Gasteiger partial charge >= 0.3 is 6.09 Å². The molecule has 0 unspecified atom stereocenters. The second-order valence-corrected chi connectivity index (χ2v) is 13.7. The molecule has 3 rings (SSSR count). The van der Waals surface area contributed by atoms with Crippen LogP contribution in [0.15, 0.2) is 66.7 Å². The van der Waals surface area contributed by atoms with E-state index in [1.165, 1.54) is 23.9 Å². The highest BCUT2D eigenvalue weighted by atomic mass is 32.2. The van der Waals surface area contributed by atoms with Gasteiger partial charge in [-0.1, -0.05) is 56.3 Å². The van der Waals surface area contributed by atoms with Gasteiger partial charge in [0.25, 0.3) is 5.91 Å². The molecule has 0 saturated carbocycles. The quantitative estimate of drug-likeness (QED) is 0.190. The van der Waals surface area contributed by atoms with Gasteiger partial charge in [-0.05, 0) is 92.1 Å². The molecule has 0 aliphatic heterocycles. The highest BCUT2D eigenvalue weighted by Gasteiger charge is 2.41. The molecule has 3 atom stereocenters. The third-order valence-corrected chi connectivity index (χ3v) is 7.75. The van der Waals surface area contributed by atoms with Crippen molar-refractivity contribution in [3.8, 4) is 5.75 Å². The number of phenols is 1. The number of fused-ring (bicyclic) bond motifs is 1. The number of imide groups is 1. The van der Waals surface area contributed by atoms with Crippen molar-refractivity contribution in [1.29, 1.82) is 0 Å². The smallest absolute Gasteiger partial charge is 0.417 e. The summed E-state index contributed by atoms with van der Waals surface area (Å²) in [5.74, 6) is -1.33. The predicted octanol–water partition coefficient (Wildman–Crippen LogP) is 5.47. The normalized spacial score (nSPS) is 13.5. The van der Waals surface area contributed by atoms with Crippen molar-refractivity contribution >= 4 is 52.0 Å². The van der Waals surface area contributed by atoms with E-state index in [4.69, 9.17) is 10.5 Å². The summed E-state index contributed by atoms with van der Waals surface area (Å²) in [6, 6.07) is 15.9. The van der Waals surface area contributed by atoms with Crippen LogP contribution >= 0.6 is 11.8 Å². The van der Waals surface area contributed by atoms with Crippen LogP contribution in [-0.2, 0) is 25.5 Å². The van der Waals surface area contributed by atoms with Crippen LogP contribution in [0.1, 0.15) is 53.0 Å². The summed E-state index contributed by atoms with van der Waals surface area (Å²) in [7, 11) is 0. The lowest BCUT2D eigenvalue weighted by atomic mass is 10.0. The lowest BCUT2D eigenvalue weighted by Crippen LogP contribution is -2.59. The molecule has 4 amide bonds. The Morgan fingerprint density at radius 2 is 1.61 bits per heavy atom. The number of nitrogens with zero attached hydrogens (tertiary/aromatic N) is 1. The van der Waals surface area contributed by atoms with Crippen molar-refractivity contribution in [2.75, 3.05) is 17.3 Å². The first kappa shape index (κ1) is 36.4. The van der Waals surface area contributed by atoms with E-state index < -0.39 is 47.5 Å². The Labute approximate surface area is 275 Å². The van der Waals surface area contributed by atoms with Gasteiger partial charge in [-0.15, -0.1) is 0 Å². The van der Waals surface area contributed by atoms with Crippen molar-refractivity contribution in [2.24, 2.45) is 11.7 Å². The molecular weight excluding hydrogens is 604 g/mol. The number of aromatic hydroxyl groups is 1. The minimum Gasteiger partial charge on any atom is -0.508 e. The SMILES string of the molecule is CSCC[C@@H](C(=O)Nc1ccc2ccccc2c1)N(C(=O)OC(C)(C)C)C(=O)[C@H](Cc1ccc(O)cc1)NC(=O)[C@H](N)CC(C)C. The largest absolute Gasteiger partial charge is 0.508 e. The number of nitrogens with two attached hydrogens (primary N) is 1. The van der Waals surface area contributed by atoms with E-state index in [1.807, 2.05) is 56.5 Å². The number of nitrogens with one attached hydrogen (secondary N) is 2. The second kappa shape index (κ2) is 16.5. The topological polar surface area (TPSA) is 151 Å². The predicted molar refractivity (Wildman–Crippen MR) is 184 cm³/mol. The first-order chi connectivity index (χ1) is 21.7. The molecule has 11 heteroatoms. The Morgan fingerprint density at radius 1 is 0.957 bits per heavy atom. The molecule has 10 nitrogen and oxygen atoms in total. The highest BCUT2D eigenvalue weighted by molar-refractivity contribution is 7.98. The zero-order chi connectivity index (χ0) is 34.0. The van der Waals surface area contributed by atoms with Crippen LogP contribution in [0.2, 0.25) is 0 Å². The van der Waals surface area contributed by atoms with Crippen LogP contribution in [0.5, 0.6) is 5.75 Å². The van der Waals surface area contributed by atoms with Crippen molar-refractivity contribution in [1.82, 2.24) is 10.2 Å². The Morgan fingerprint density at radius 3 is 2.22 bits per heavy atom. The standard InChI is InChI=1S/C35H46N4O6S/c1-22(2)19-28(36)31(41)38-29(20-23-11-15-27(40)16-12-23)33(43)39(34(44)45-35(3,4)5)30(17-18-46-6)32(42)37-26-14-13-24-9-7-8-10-25(24)21-26/h7-16,21-22,28-30,40H,17-20,36H2,1-6H3,(H,37,42)(H,38,41)/t28-,29+,30+/m1/s1. The monoisotopic (exact) mass is 650 g/mol. The molecule has 3 aromatic carbocycles. The zero-order valence-corrected chi connectivity index (χ0v) is 28.2. The summed E-state index contributed by atoms with van der Waals surface area (Å²) in [5, 5.41) is 17.3. The summed E-state index contributed by atoms with van der Waals surface area (Å²) >= 11 is 1.46. The number of carbonyl (C=O) groups is 4. The Hall–Kier alpha value is -4.09. The van der Waals surface area contributed by atoms with E-state index in [1.54, 1.807) is 39.0 Å². The van der Waals surface area contributed by atoms with Gasteiger partial charge in [0.15, 0.2) is 0 Å². The van der Waals surface area contributed by atoms with E-state index in [2.05, 4.69) is 10.6 Å². The number of hydrogen-bond donors (Lipinski definition) is 4. The minimum atomic E-state index is -1.27. The molecule has 0 saturated heterocycles. The number of phenolic OH excluding ortho intramolecular Hbond substituents is 1. The van der Waals surface area contributed by atoms with E-state index in [0.29, 0.717) is 23.4 Å². The first-order valence-electron chi connectivity index (χ1n) is 15.4. The Bertz CT molecular complexity index is 1500. The van der Waals surface area contributed by atoms with E-state index in [-0.39, 0.29) is 24.5 Å². The molecule has 0 aromatic heterocycles. The van der Waals surface area contributed by atoms with Gasteiger partial charge in [-0.25, -0.2) is 9.69 Å². The van der Waals surface area contributed by atoms with Gasteiger partial charge < -0.3 is 26.2 Å². The first-order valence-corrected chi connectivity index (χ1v) is 16.8. The fourth-order valence-electron chi connectivity index (χ4n) is 4.91. The average Bonchev–Trinajstić information content (AvgIpc) is 2.98. The van der Waals surface area contributed by atoms with Crippen molar-refractivity contribution in [3.63, 3.8) is 0 Å². The molecule has 0 aliphatic rings. The van der Waals surface area contributed by atoms with Gasteiger partial charge in [-0.3, -0.25) is 14.4 Å². The lowest BCUT2D eigenvalue weighted by Gasteiger charge is -2.34. The maximum absolute atomic E-state index is 14.5. The number of benzene rings is 3. The number of hydrogen-bond acceptors (Lipinski definition) is 8. The van der Waals surface area contributed by atoms with Crippen LogP contribution in [-0.4, -0.2) is 69.6 Å². The second-order valence-electron chi connectivity index (χ2n) is 12.7. The molecule has 0 heterocycles. The summed E-state index contributed by atoms with van der Waals surface area (Å²) < 4.78 is 5.67. The fraction of sp³-hybridized carbons (Fsp3) is 0.429. The van der Waals surface area contributed by atoms with Gasteiger partial charge in [0, 0.05) is 12.1 Å². The molecule has 46 heavy (non-hydrogen) atoms. The van der Waals surface area contributed by atoms with Crippen LogP contribution in [0.25, 0.3) is 10.8 Å². The molecule has 0 bridgehead atoms. The number of rotatable bonds is 13. The van der Waals surface area contributed by atoms with E-state index in [0.717, 1.165) is 15.7 Å². The van der Waals surface area contributed by atoms with Gasteiger partial charge in [0.2, 0.25) is 11.8 Å². The number of amides is 4. The van der Waals surface area contributed by atoms with Crippen molar-refractivity contribution in [3.05, 3.63) is 72.3 Å². The lowest BCUT2D eigenvalue weighted by molar-refractivity contribution is -0.141. The zero-order valence-electron chi connectivity index (χ0n) is 27.4. The molecule has 5 N–H and O–H groups in total. The minimum absolute atomic E-state index is 0.0277. The van der Waals surface area contributed by atoms with Crippen LogP contribution in [0.3, 0.4) is 0 Å².